The Morgan fingerprint density at radius 1 is 1.07 bits per heavy atom. The average molecular weight is 400 g/mol. The average Bonchev–Trinajstić information content (AvgIpc) is 2.53. The van der Waals surface area contributed by atoms with E-state index in [0.717, 1.165) is 18.4 Å². The van der Waals surface area contributed by atoms with E-state index >= 15 is 0 Å². The number of carbonyl (C=O) groups is 1. The number of sulfone groups is 1. The van der Waals surface area contributed by atoms with Gasteiger partial charge in [0.2, 0.25) is 5.91 Å². The number of nitrogens with one attached hydrogen (secondary N) is 1. The molecule has 0 bridgehead atoms. The normalized spacial score (nSPS) is 12.2. The van der Waals surface area contributed by atoms with E-state index < -0.39 is 27.5 Å². The molecule has 2 aromatic rings. The lowest BCUT2D eigenvalue weighted by Gasteiger charge is -2.17. The first-order valence-electron chi connectivity index (χ1n) is 7.90. The molecule has 0 aliphatic rings. The molecule has 9 heteroatoms. The minimum atomic E-state index is -4.39. The van der Waals surface area contributed by atoms with Gasteiger partial charge in [0, 0.05) is 12.8 Å². The summed E-state index contributed by atoms with van der Waals surface area (Å²) in [6.07, 6.45) is -3.34. The summed E-state index contributed by atoms with van der Waals surface area (Å²) >= 11 is 0. The van der Waals surface area contributed by atoms with E-state index in [0.29, 0.717) is 5.56 Å². The smallest absolute Gasteiger partial charge is 0.324 e. The number of nitrogens with zero attached hydrogens (tertiary/aromatic N) is 1. The zero-order chi connectivity index (χ0) is 20.2. The largest absolute Gasteiger partial charge is 0.416 e. The Morgan fingerprint density at radius 3 is 2.22 bits per heavy atom. The summed E-state index contributed by atoms with van der Waals surface area (Å²) < 4.78 is 61.2. The van der Waals surface area contributed by atoms with Gasteiger partial charge in [-0.2, -0.15) is 13.2 Å². The van der Waals surface area contributed by atoms with E-state index in [9.17, 15) is 26.4 Å². The molecule has 0 aliphatic heterocycles. The molecule has 0 heterocycles. The lowest BCUT2D eigenvalue weighted by Crippen LogP contribution is -2.30. The molecule has 146 valence electrons. The van der Waals surface area contributed by atoms with Crippen molar-refractivity contribution in [1.82, 2.24) is 4.90 Å². The van der Waals surface area contributed by atoms with Gasteiger partial charge in [0.1, 0.15) is 0 Å². The molecule has 5 nitrogen and oxygen atoms in total. The fourth-order valence-corrected chi connectivity index (χ4v) is 3.34. The first kappa shape index (κ1) is 20.9. The van der Waals surface area contributed by atoms with Crippen molar-refractivity contribution in [2.45, 2.75) is 17.6 Å². The zero-order valence-corrected chi connectivity index (χ0v) is 15.6. The number of hydrogen-bond donors (Lipinski definition) is 1. The Labute approximate surface area is 155 Å². The third-order valence-corrected chi connectivity index (χ3v) is 4.86. The van der Waals surface area contributed by atoms with Crippen LogP contribution in [0.15, 0.2) is 53.4 Å². The van der Waals surface area contributed by atoms with Gasteiger partial charge in [-0.05, 0) is 36.9 Å². The first-order chi connectivity index (χ1) is 12.5. The molecule has 0 spiro atoms. The minimum absolute atomic E-state index is 0.0174. The number of anilines is 1. The molecule has 0 saturated heterocycles. The Kier molecular flexibility index (Phi) is 6.27. The summed E-state index contributed by atoms with van der Waals surface area (Å²) in [4.78, 5) is 13.8. The number of carbonyl (C=O) groups excluding carboxylic acids is 1. The quantitative estimate of drug-likeness (QED) is 0.809. The molecule has 27 heavy (non-hydrogen) atoms. The Morgan fingerprint density at radius 2 is 1.67 bits per heavy atom. The van der Waals surface area contributed by atoms with Gasteiger partial charge in [0.05, 0.1) is 22.7 Å². The maximum absolute atomic E-state index is 12.6. The van der Waals surface area contributed by atoms with Crippen LogP contribution >= 0.6 is 0 Å². The predicted molar refractivity (Wildman–Crippen MR) is 96.0 cm³/mol. The van der Waals surface area contributed by atoms with Crippen LogP contribution < -0.4 is 5.32 Å². The van der Waals surface area contributed by atoms with Gasteiger partial charge >= 0.3 is 6.18 Å². The molecule has 0 unspecified atom stereocenters. The summed E-state index contributed by atoms with van der Waals surface area (Å²) in [5.41, 5.74) is 0.0757. The van der Waals surface area contributed by atoms with Gasteiger partial charge in [0.15, 0.2) is 9.84 Å². The van der Waals surface area contributed by atoms with Crippen molar-refractivity contribution in [3.05, 3.63) is 59.7 Å². The molecular formula is C18H19F3N2O3S. The summed E-state index contributed by atoms with van der Waals surface area (Å²) in [6.45, 7) is 0.207. The zero-order valence-electron chi connectivity index (χ0n) is 14.7. The van der Waals surface area contributed by atoms with Crippen LogP contribution in [0.3, 0.4) is 0 Å². The summed E-state index contributed by atoms with van der Waals surface area (Å²) in [6, 6.07) is 10.8. The van der Waals surface area contributed by atoms with Crippen molar-refractivity contribution >= 4 is 21.4 Å². The highest BCUT2D eigenvalue weighted by Crippen LogP contribution is 2.29. The van der Waals surface area contributed by atoms with Crippen LogP contribution in [0.4, 0.5) is 18.9 Å². The molecule has 0 fully saturated rings. The van der Waals surface area contributed by atoms with E-state index in [4.69, 9.17) is 0 Å². The second-order valence-corrected chi connectivity index (χ2v) is 8.17. The molecule has 0 aromatic heterocycles. The summed E-state index contributed by atoms with van der Waals surface area (Å²) in [5.74, 6) is -0.430. The number of halogens is 3. The van der Waals surface area contributed by atoms with Gasteiger partial charge < -0.3 is 5.32 Å². The highest BCUT2D eigenvalue weighted by atomic mass is 32.2. The molecule has 1 amide bonds. The van der Waals surface area contributed by atoms with Gasteiger partial charge in [-0.25, -0.2) is 8.42 Å². The number of amides is 1. The topological polar surface area (TPSA) is 66.5 Å². The number of likely N-dealkylation sites (N-methyl/N-ethyl adjacent to an activating group) is 1. The highest BCUT2D eigenvalue weighted by molar-refractivity contribution is 7.90. The maximum Gasteiger partial charge on any atom is 0.416 e. The van der Waals surface area contributed by atoms with Gasteiger partial charge in [-0.15, -0.1) is 0 Å². The lowest BCUT2D eigenvalue weighted by atomic mass is 10.1. The Balaban J connectivity index is 1.99. The van der Waals surface area contributed by atoms with Crippen molar-refractivity contribution < 1.29 is 26.4 Å². The third kappa shape index (κ3) is 6.07. The van der Waals surface area contributed by atoms with Crippen molar-refractivity contribution in [2.75, 3.05) is 25.2 Å². The Bertz CT molecular complexity index is 910. The van der Waals surface area contributed by atoms with E-state index in [-0.39, 0.29) is 23.7 Å². The highest BCUT2D eigenvalue weighted by Gasteiger charge is 2.29. The van der Waals surface area contributed by atoms with E-state index in [1.165, 1.54) is 24.3 Å². The second-order valence-electron chi connectivity index (χ2n) is 6.18. The summed E-state index contributed by atoms with van der Waals surface area (Å²) in [7, 11) is -1.85. The molecule has 2 rings (SSSR count). The molecule has 0 atom stereocenters. The predicted octanol–water partition coefficient (Wildman–Crippen LogP) is 3.18. The van der Waals surface area contributed by atoms with Crippen LogP contribution in [0.25, 0.3) is 0 Å². The molecule has 1 N–H and O–H groups in total. The van der Waals surface area contributed by atoms with Crippen molar-refractivity contribution in [1.29, 1.82) is 0 Å². The molecule has 0 radical (unpaired) electrons. The van der Waals surface area contributed by atoms with Crippen LogP contribution in [0, 0.1) is 0 Å². The van der Waals surface area contributed by atoms with Gasteiger partial charge in [-0.3, -0.25) is 9.69 Å². The molecule has 0 saturated carbocycles. The molecule has 2 aromatic carbocycles. The molecular weight excluding hydrogens is 381 g/mol. The standard InChI is InChI=1S/C18H19F3N2O3S/c1-23(11-13-7-9-14(10-8-13)18(19,20)21)12-17(24)22-15-5-3-4-6-16(15)27(2,25)26/h3-10H,11-12H2,1-2H3,(H,22,24). The van der Waals surface area contributed by atoms with Gasteiger partial charge in [-0.1, -0.05) is 24.3 Å². The number of hydrogen-bond acceptors (Lipinski definition) is 4. The number of para-hydroxylation sites is 1. The van der Waals surface area contributed by atoms with E-state index in [1.807, 2.05) is 0 Å². The molecule has 0 aliphatic carbocycles. The fraction of sp³-hybridized carbons (Fsp3) is 0.278. The van der Waals surface area contributed by atoms with Crippen LogP contribution in [0.2, 0.25) is 0 Å². The van der Waals surface area contributed by atoms with Crippen molar-refractivity contribution in [3.63, 3.8) is 0 Å². The lowest BCUT2D eigenvalue weighted by molar-refractivity contribution is -0.137. The van der Waals surface area contributed by atoms with Crippen molar-refractivity contribution in [3.8, 4) is 0 Å². The third-order valence-electron chi connectivity index (χ3n) is 3.71. The number of rotatable bonds is 6. The van der Waals surface area contributed by atoms with Crippen LogP contribution in [-0.2, 0) is 27.4 Å². The van der Waals surface area contributed by atoms with Gasteiger partial charge in [0.25, 0.3) is 0 Å². The SMILES string of the molecule is CN(CC(=O)Nc1ccccc1S(C)(=O)=O)Cc1ccc(C(F)(F)F)cc1. The fourth-order valence-electron chi connectivity index (χ4n) is 2.49. The van der Waals surface area contributed by atoms with Crippen molar-refractivity contribution in [2.24, 2.45) is 0 Å². The monoisotopic (exact) mass is 400 g/mol. The first-order valence-corrected chi connectivity index (χ1v) is 9.79. The van der Waals surface area contributed by atoms with Crippen LogP contribution in [0.5, 0.6) is 0 Å². The second kappa shape index (κ2) is 8.10. The van der Waals surface area contributed by atoms with E-state index in [2.05, 4.69) is 5.32 Å². The van der Waals surface area contributed by atoms with Crippen LogP contribution in [-0.4, -0.2) is 39.1 Å². The number of benzene rings is 2. The number of alkyl halides is 3. The Hall–Kier alpha value is -2.39. The minimum Gasteiger partial charge on any atom is -0.324 e. The maximum atomic E-state index is 12.6. The summed E-state index contributed by atoms with van der Waals surface area (Å²) in [5, 5.41) is 2.55. The van der Waals surface area contributed by atoms with E-state index in [1.54, 1.807) is 24.1 Å². The van der Waals surface area contributed by atoms with Crippen LogP contribution in [0.1, 0.15) is 11.1 Å².